The van der Waals surface area contributed by atoms with E-state index in [9.17, 15) is 0 Å². The van der Waals surface area contributed by atoms with Crippen molar-refractivity contribution in [1.82, 2.24) is 0 Å². The summed E-state index contributed by atoms with van der Waals surface area (Å²) in [5.41, 5.74) is 3.50. The third kappa shape index (κ3) is 4.76. The Kier molecular flexibility index (Phi) is 5.30. The summed E-state index contributed by atoms with van der Waals surface area (Å²) in [5.74, 6) is 0. The number of benzene rings is 2. The molecule has 16 heavy (non-hydrogen) atoms. The lowest BCUT2D eigenvalue weighted by molar-refractivity contribution is 0.282. The summed E-state index contributed by atoms with van der Waals surface area (Å²) >= 11 is 0. The largest absolute Gasteiger partial charge is 0.392 e. The van der Waals surface area contributed by atoms with E-state index in [2.05, 4.69) is 19.1 Å². The Morgan fingerprint density at radius 2 is 1.44 bits per heavy atom. The van der Waals surface area contributed by atoms with Crippen molar-refractivity contribution in [1.29, 1.82) is 0 Å². The molecule has 1 nitrogen and oxygen atoms in total. The zero-order chi connectivity index (χ0) is 11.8. The van der Waals surface area contributed by atoms with Gasteiger partial charge in [0, 0.05) is 0 Å². The molecule has 0 aliphatic carbocycles. The fraction of sp³-hybridized carbons (Fsp3) is 0.200. The molecule has 0 amide bonds. The lowest BCUT2D eigenvalue weighted by atomic mass is 10.1. The molecule has 0 heterocycles. The lowest BCUT2D eigenvalue weighted by Crippen LogP contribution is -1.81. The highest BCUT2D eigenvalue weighted by Crippen LogP contribution is 2.02. The molecule has 0 bridgehead atoms. The molecule has 2 aromatic carbocycles. The van der Waals surface area contributed by atoms with E-state index < -0.39 is 0 Å². The van der Waals surface area contributed by atoms with Gasteiger partial charge in [-0.25, -0.2) is 0 Å². The zero-order valence-electron chi connectivity index (χ0n) is 9.85. The van der Waals surface area contributed by atoms with Crippen molar-refractivity contribution in [3.8, 4) is 0 Å². The Bertz CT molecular complexity index is 407. The molecule has 0 aliphatic heterocycles. The molecule has 0 radical (unpaired) electrons. The van der Waals surface area contributed by atoms with Gasteiger partial charge in [-0.2, -0.15) is 0 Å². The summed E-state index contributed by atoms with van der Waals surface area (Å²) in [6.45, 7) is 4.24. The van der Waals surface area contributed by atoms with Crippen LogP contribution in [0, 0.1) is 13.8 Å². The first-order chi connectivity index (χ1) is 7.72. The van der Waals surface area contributed by atoms with Gasteiger partial charge < -0.3 is 5.11 Å². The van der Waals surface area contributed by atoms with Gasteiger partial charge in [0.15, 0.2) is 0 Å². The van der Waals surface area contributed by atoms with Crippen molar-refractivity contribution in [2.75, 3.05) is 0 Å². The second kappa shape index (κ2) is 6.81. The smallest absolute Gasteiger partial charge is 0.0681 e. The molecule has 0 aliphatic rings. The molecule has 0 aromatic heterocycles. The van der Waals surface area contributed by atoms with Crippen molar-refractivity contribution >= 4 is 0 Å². The van der Waals surface area contributed by atoms with Gasteiger partial charge in [-0.05, 0) is 19.4 Å². The third-order valence-corrected chi connectivity index (χ3v) is 2.21. The monoisotopic (exact) mass is 214 g/mol. The topological polar surface area (TPSA) is 20.2 Å². The maximum Gasteiger partial charge on any atom is 0.0681 e. The van der Waals surface area contributed by atoms with Crippen LogP contribution in [-0.4, -0.2) is 5.11 Å². The van der Waals surface area contributed by atoms with Crippen LogP contribution in [0.4, 0.5) is 0 Å². The molecule has 2 aromatic rings. The van der Waals surface area contributed by atoms with E-state index >= 15 is 0 Å². The van der Waals surface area contributed by atoms with Gasteiger partial charge in [-0.3, -0.25) is 0 Å². The maximum absolute atomic E-state index is 8.66. The Balaban J connectivity index is 0.000000165. The number of hydrogen-bond acceptors (Lipinski definition) is 1. The van der Waals surface area contributed by atoms with E-state index in [1.54, 1.807) is 0 Å². The molecule has 2 rings (SSSR count). The van der Waals surface area contributed by atoms with E-state index in [4.69, 9.17) is 5.11 Å². The fourth-order valence-corrected chi connectivity index (χ4v) is 1.34. The molecule has 0 spiro atoms. The summed E-state index contributed by atoms with van der Waals surface area (Å²) < 4.78 is 0. The average Bonchev–Trinajstić information content (AvgIpc) is 2.31. The number of rotatable bonds is 1. The summed E-state index contributed by atoms with van der Waals surface area (Å²) in [6, 6.07) is 18.1. The summed E-state index contributed by atoms with van der Waals surface area (Å²) in [4.78, 5) is 0. The molecular weight excluding hydrogens is 196 g/mol. The second-order valence-electron chi connectivity index (χ2n) is 3.80. The lowest BCUT2D eigenvalue weighted by Gasteiger charge is -1.94. The van der Waals surface area contributed by atoms with Crippen LogP contribution in [-0.2, 0) is 6.61 Å². The van der Waals surface area contributed by atoms with Crippen molar-refractivity contribution < 1.29 is 5.11 Å². The minimum Gasteiger partial charge on any atom is -0.392 e. The predicted octanol–water partition coefficient (Wildman–Crippen LogP) is 3.48. The molecule has 0 saturated heterocycles. The van der Waals surface area contributed by atoms with Crippen LogP contribution in [0.15, 0.2) is 54.6 Å². The molecule has 0 atom stereocenters. The zero-order valence-corrected chi connectivity index (χ0v) is 9.85. The molecule has 0 saturated carbocycles. The van der Waals surface area contributed by atoms with Crippen molar-refractivity contribution in [3.63, 3.8) is 0 Å². The van der Waals surface area contributed by atoms with Crippen molar-refractivity contribution in [3.05, 3.63) is 71.3 Å². The van der Waals surface area contributed by atoms with Gasteiger partial charge in [0.1, 0.15) is 0 Å². The van der Waals surface area contributed by atoms with E-state index in [1.165, 1.54) is 11.1 Å². The second-order valence-corrected chi connectivity index (χ2v) is 3.80. The SMILES string of the molecule is Cc1cccc(CO)c1.Cc1ccccc1. The van der Waals surface area contributed by atoms with Crippen LogP contribution in [0.1, 0.15) is 16.7 Å². The first-order valence-corrected chi connectivity index (χ1v) is 5.40. The third-order valence-electron chi connectivity index (χ3n) is 2.21. The van der Waals surface area contributed by atoms with Gasteiger partial charge in [0.2, 0.25) is 0 Å². The van der Waals surface area contributed by atoms with Gasteiger partial charge in [-0.15, -0.1) is 0 Å². The minimum absolute atomic E-state index is 0.141. The summed E-state index contributed by atoms with van der Waals surface area (Å²) in [6.07, 6.45) is 0. The molecule has 84 valence electrons. The highest BCUT2D eigenvalue weighted by Gasteiger charge is 1.86. The van der Waals surface area contributed by atoms with Crippen LogP contribution < -0.4 is 0 Å². The normalized spacial score (nSPS) is 9.19. The van der Waals surface area contributed by atoms with Crippen LogP contribution >= 0.6 is 0 Å². The standard InChI is InChI=1S/C8H10O.C7H8/c1-7-3-2-4-8(5-7)6-9;1-7-5-3-2-4-6-7/h2-5,9H,6H2,1H3;2-6H,1H3. The van der Waals surface area contributed by atoms with E-state index in [1.807, 2.05) is 49.4 Å². The van der Waals surface area contributed by atoms with Gasteiger partial charge in [-0.1, -0.05) is 65.7 Å². The Morgan fingerprint density at radius 3 is 1.81 bits per heavy atom. The summed E-state index contributed by atoms with van der Waals surface area (Å²) in [5, 5.41) is 8.66. The highest BCUT2D eigenvalue weighted by atomic mass is 16.3. The number of aliphatic hydroxyl groups is 1. The molecule has 0 fully saturated rings. The van der Waals surface area contributed by atoms with E-state index in [0.29, 0.717) is 0 Å². The number of hydrogen-bond donors (Lipinski definition) is 1. The quantitative estimate of drug-likeness (QED) is 0.770. The fourth-order valence-electron chi connectivity index (χ4n) is 1.34. The van der Waals surface area contributed by atoms with Crippen molar-refractivity contribution in [2.24, 2.45) is 0 Å². The van der Waals surface area contributed by atoms with Crippen LogP contribution in [0.25, 0.3) is 0 Å². The maximum atomic E-state index is 8.66. The highest BCUT2D eigenvalue weighted by molar-refractivity contribution is 5.21. The minimum atomic E-state index is 0.141. The Hall–Kier alpha value is -1.60. The van der Waals surface area contributed by atoms with Gasteiger partial charge in [0.05, 0.1) is 6.61 Å². The first-order valence-electron chi connectivity index (χ1n) is 5.40. The Labute approximate surface area is 97.4 Å². The van der Waals surface area contributed by atoms with Crippen LogP contribution in [0.2, 0.25) is 0 Å². The van der Waals surface area contributed by atoms with Gasteiger partial charge in [0.25, 0.3) is 0 Å². The summed E-state index contributed by atoms with van der Waals surface area (Å²) in [7, 11) is 0. The number of aryl methyl sites for hydroxylation is 2. The van der Waals surface area contributed by atoms with Crippen molar-refractivity contribution in [2.45, 2.75) is 20.5 Å². The molecule has 0 unspecified atom stereocenters. The molecule has 1 heteroatoms. The van der Waals surface area contributed by atoms with E-state index in [0.717, 1.165) is 5.56 Å². The molecular formula is C15H18O. The van der Waals surface area contributed by atoms with Crippen LogP contribution in [0.3, 0.4) is 0 Å². The Morgan fingerprint density at radius 1 is 0.812 bits per heavy atom. The average molecular weight is 214 g/mol. The predicted molar refractivity (Wildman–Crippen MR) is 68.3 cm³/mol. The van der Waals surface area contributed by atoms with Gasteiger partial charge >= 0.3 is 0 Å². The number of aliphatic hydroxyl groups excluding tert-OH is 1. The molecule has 1 N–H and O–H groups in total. The van der Waals surface area contributed by atoms with Crippen LogP contribution in [0.5, 0.6) is 0 Å². The van der Waals surface area contributed by atoms with E-state index in [-0.39, 0.29) is 6.61 Å². The first kappa shape index (κ1) is 12.5.